The van der Waals surface area contributed by atoms with Crippen molar-refractivity contribution in [3.8, 4) is 0 Å². The number of pyridine rings is 1. The second-order valence-corrected chi connectivity index (χ2v) is 7.29. The monoisotopic (exact) mass is 360 g/mol. The van der Waals surface area contributed by atoms with Crippen LogP contribution in [0.2, 0.25) is 0 Å². The fraction of sp³-hybridized carbons (Fsp3) is 0.125. The van der Waals surface area contributed by atoms with Gasteiger partial charge in [-0.3, -0.25) is 9.78 Å². The minimum absolute atomic E-state index is 0.0122. The van der Waals surface area contributed by atoms with Crippen LogP contribution in [0.3, 0.4) is 0 Å². The van der Waals surface area contributed by atoms with E-state index < -0.39 is 0 Å². The van der Waals surface area contributed by atoms with Crippen LogP contribution in [0.5, 0.6) is 0 Å². The predicted octanol–water partition coefficient (Wildman–Crippen LogP) is 4.33. The molecular weight excluding hydrogens is 348 g/mol. The Morgan fingerprint density at radius 3 is 2.86 bits per heavy atom. The van der Waals surface area contributed by atoms with Gasteiger partial charge in [-0.15, -0.1) is 11.3 Å². The molecule has 0 aliphatic heterocycles. The Morgan fingerprint density at radius 1 is 1.24 bits per heavy atom. The van der Waals surface area contributed by atoms with E-state index in [2.05, 4.69) is 20.9 Å². The summed E-state index contributed by atoms with van der Waals surface area (Å²) >= 11 is 5.09. The largest absolute Gasteiger partial charge is 0.337 e. The summed E-state index contributed by atoms with van der Waals surface area (Å²) < 4.78 is 1.08. The summed E-state index contributed by atoms with van der Waals surface area (Å²) in [7, 11) is 1.82. The highest BCUT2D eigenvalue weighted by molar-refractivity contribution is 9.11. The number of fused-ring (bicyclic) bond motifs is 1. The maximum atomic E-state index is 12.7. The van der Waals surface area contributed by atoms with Crippen molar-refractivity contribution in [1.29, 1.82) is 0 Å². The third kappa shape index (κ3) is 2.99. The van der Waals surface area contributed by atoms with Gasteiger partial charge in [-0.2, -0.15) is 0 Å². The van der Waals surface area contributed by atoms with Gasteiger partial charge in [-0.05, 0) is 46.3 Å². The second kappa shape index (κ2) is 5.95. The van der Waals surface area contributed by atoms with Gasteiger partial charge in [0.2, 0.25) is 0 Å². The van der Waals surface area contributed by atoms with Gasteiger partial charge in [0, 0.05) is 29.1 Å². The van der Waals surface area contributed by atoms with Gasteiger partial charge in [0.05, 0.1) is 15.8 Å². The molecule has 21 heavy (non-hydrogen) atoms. The van der Waals surface area contributed by atoms with E-state index in [0.717, 1.165) is 19.6 Å². The summed E-state index contributed by atoms with van der Waals surface area (Å²) in [5, 5.41) is 0.893. The second-order valence-electron chi connectivity index (χ2n) is 4.74. The lowest BCUT2D eigenvalue weighted by molar-refractivity contribution is 0.0788. The van der Waals surface area contributed by atoms with Crippen LogP contribution in [0.25, 0.3) is 10.9 Å². The van der Waals surface area contributed by atoms with E-state index in [4.69, 9.17) is 0 Å². The summed E-state index contributed by atoms with van der Waals surface area (Å²) in [5.74, 6) is 0.0122. The number of hydrogen-bond acceptors (Lipinski definition) is 3. The molecular formula is C16H13BrN2OS. The first kappa shape index (κ1) is 14.2. The quantitative estimate of drug-likeness (QED) is 0.696. The van der Waals surface area contributed by atoms with Crippen LogP contribution in [-0.4, -0.2) is 22.8 Å². The van der Waals surface area contributed by atoms with Gasteiger partial charge in [-0.25, -0.2) is 0 Å². The third-order valence-electron chi connectivity index (χ3n) is 3.24. The average molecular weight is 361 g/mol. The first-order valence-corrected chi connectivity index (χ1v) is 8.09. The third-order valence-corrected chi connectivity index (χ3v) is 4.85. The molecule has 0 aliphatic carbocycles. The fourth-order valence-corrected chi connectivity index (χ4v) is 3.77. The number of rotatable bonds is 3. The highest BCUT2D eigenvalue weighted by Crippen LogP contribution is 2.24. The first-order valence-electron chi connectivity index (χ1n) is 6.48. The van der Waals surface area contributed by atoms with Crippen molar-refractivity contribution in [2.24, 2.45) is 0 Å². The van der Waals surface area contributed by atoms with Crippen molar-refractivity contribution in [3.05, 3.63) is 62.9 Å². The topological polar surface area (TPSA) is 33.2 Å². The average Bonchev–Trinajstić information content (AvgIpc) is 2.91. The molecule has 3 rings (SSSR count). The number of halogens is 1. The van der Waals surface area contributed by atoms with Gasteiger partial charge >= 0.3 is 0 Å². The summed E-state index contributed by atoms with van der Waals surface area (Å²) in [4.78, 5) is 19.8. The molecule has 106 valence electrons. The molecule has 0 radical (unpaired) electrons. The summed E-state index contributed by atoms with van der Waals surface area (Å²) in [6.07, 6.45) is 1.74. The molecule has 0 bridgehead atoms. The molecule has 2 aromatic heterocycles. The van der Waals surface area contributed by atoms with E-state index in [1.165, 1.54) is 0 Å². The molecule has 0 unspecified atom stereocenters. The molecule has 0 fully saturated rings. The van der Waals surface area contributed by atoms with E-state index >= 15 is 0 Å². The van der Waals surface area contributed by atoms with Gasteiger partial charge in [-0.1, -0.05) is 12.1 Å². The lowest BCUT2D eigenvalue weighted by atomic mass is 10.1. The van der Waals surface area contributed by atoms with Gasteiger partial charge in [0.25, 0.3) is 5.91 Å². The zero-order chi connectivity index (χ0) is 14.8. The van der Waals surface area contributed by atoms with Gasteiger partial charge in [0.15, 0.2) is 0 Å². The van der Waals surface area contributed by atoms with E-state index in [1.807, 2.05) is 49.5 Å². The number of benzene rings is 1. The van der Waals surface area contributed by atoms with Crippen molar-refractivity contribution in [2.45, 2.75) is 6.54 Å². The van der Waals surface area contributed by atoms with Crippen molar-refractivity contribution in [3.63, 3.8) is 0 Å². The van der Waals surface area contributed by atoms with Crippen molar-refractivity contribution in [1.82, 2.24) is 9.88 Å². The van der Waals surface area contributed by atoms with Crippen molar-refractivity contribution in [2.75, 3.05) is 7.05 Å². The Kier molecular flexibility index (Phi) is 4.03. The lowest BCUT2D eigenvalue weighted by Crippen LogP contribution is -2.26. The molecule has 5 heteroatoms. The maximum absolute atomic E-state index is 12.7. The Bertz CT molecular complexity index is 794. The lowest BCUT2D eigenvalue weighted by Gasteiger charge is -2.17. The number of amides is 1. The maximum Gasteiger partial charge on any atom is 0.254 e. The molecule has 0 spiro atoms. The summed E-state index contributed by atoms with van der Waals surface area (Å²) in [5.41, 5.74) is 1.54. The molecule has 1 amide bonds. The minimum atomic E-state index is 0.0122. The molecule has 0 saturated carbocycles. The standard InChI is InChI=1S/C16H13BrN2OS/c1-19(10-11-7-8-15(17)21-11)16(20)13-4-2-6-14-12(13)5-3-9-18-14/h2-9H,10H2,1H3. The normalized spacial score (nSPS) is 10.8. The van der Waals surface area contributed by atoms with Crippen LogP contribution in [0.4, 0.5) is 0 Å². The van der Waals surface area contributed by atoms with Crippen LogP contribution < -0.4 is 0 Å². The van der Waals surface area contributed by atoms with E-state index in [-0.39, 0.29) is 5.91 Å². The van der Waals surface area contributed by atoms with Crippen LogP contribution in [-0.2, 0) is 6.54 Å². The smallest absolute Gasteiger partial charge is 0.254 e. The summed E-state index contributed by atoms with van der Waals surface area (Å²) in [6, 6.07) is 13.5. The molecule has 3 aromatic rings. The molecule has 1 aromatic carbocycles. The van der Waals surface area contributed by atoms with Crippen LogP contribution in [0.15, 0.2) is 52.4 Å². The minimum Gasteiger partial charge on any atom is -0.337 e. The zero-order valence-electron chi connectivity index (χ0n) is 11.4. The predicted molar refractivity (Wildman–Crippen MR) is 89.6 cm³/mol. The molecule has 0 atom stereocenters. The zero-order valence-corrected chi connectivity index (χ0v) is 13.8. The molecule has 3 nitrogen and oxygen atoms in total. The fourth-order valence-electron chi connectivity index (χ4n) is 2.24. The number of nitrogens with zero attached hydrogens (tertiary/aromatic N) is 2. The van der Waals surface area contributed by atoms with E-state index in [1.54, 1.807) is 22.4 Å². The Hall–Kier alpha value is -1.72. The number of thiophene rings is 1. The Labute approximate surface area is 135 Å². The van der Waals surface area contributed by atoms with E-state index in [0.29, 0.717) is 12.1 Å². The van der Waals surface area contributed by atoms with E-state index in [9.17, 15) is 4.79 Å². The molecule has 0 saturated heterocycles. The van der Waals surface area contributed by atoms with Crippen molar-refractivity contribution >= 4 is 44.1 Å². The first-order chi connectivity index (χ1) is 10.1. The number of carbonyl (C=O) groups is 1. The molecule has 0 aliphatic rings. The van der Waals surface area contributed by atoms with Crippen molar-refractivity contribution < 1.29 is 4.79 Å². The molecule has 2 heterocycles. The highest BCUT2D eigenvalue weighted by Gasteiger charge is 2.15. The molecule has 0 N–H and O–H groups in total. The highest BCUT2D eigenvalue weighted by atomic mass is 79.9. The van der Waals surface area contributed by atoms with Crippen LogP contribution in [0.1, 0.15) is 15.2 Å². The van der Waals surface area contributed by atoms with Gasteiger partial charge < -0.3 is 4.90 Å². The van der Waals surface area contributed by atoms with Crippen LogP contribution in [0, 0.1) is 0 Å². The number of aromatic nitrogens is 1. The summed E-state index contributed by atoms with van der Waals surface area (Å²) in [6.45, 7) is 0.603. The van der Waals surface area contributed by atoms with Gasteiger partial charge in [0.1, 0.15) is 0 Å². The Morgan fingerprint density at radius 2 is 2.10 bits per heavy atom. The van der Waals surface area contributed by atoms with Crippen LogP contribution >= 0.6 is 27.3 Å². The Balaban J connectivity index is 1.89. The SMILES string of the molecule is CN(Cc1ccc(Br)s1)C(=O)c1cccc2ncccc12. The number of carbonyl (C=O) groups excluding carboxylic acids is 1. The number of hydrogen-bond donors (Lipinski definition) is 0.